The summed E-state index contributed by atoms with van der Waals surface area (Å²) in [6, 6.07) is 3.79. The lowest BCUT2D eigenvalue weighted by molar-refractivity contribution is -0.145. The fourth-order valence-electron chi connectivity index (χ4n) is 5.53. The first kappa shape index (κ1) is 31.7. The van der Waals surface area contributed by atoms with E-state index in [0.717, 1.165) is 43.6 Å². The number of carbonyl (C=O) groups is 1. The van der Waals surface area contributed by atoms with Gasteiger partial charge in [-0.1, -0.05) is 44.9 Å². The molecule has 39 heavy (non-hydrogen) atoms. The van der Waals surface area contributed by atoms with Crippen LogP contribution in [0.4, 0.5) is 10.1 Å². The van der Waals surface area contributed by atoms with Crippen LogP contribution in [-0.4, -0.2) is 69.6 Å². The number of methoxy groups -OCH3 is 1. The third-order valence-electron chi connectivity index (χ3n) is 7.74. The second-order valence-electron chi connectivity index (χ2n) is 11.0. The Morgan fingerprint density at radius 3 is 2.41 bits per heavy atom. The maximum absolute atomic E-state index is 15.4. The quantitative estimate of drug-likeness (QED) is 0.330. The SMILES string of the molecule is COC1(C(=O)NS(=O)(=O)c2cc(F)c(N[C@H](CCSC3CCCCCC3)CN(C)C)c(C#N)c2)CCCCC1. The highest BCUT2D eigenvalue weighted by Crippen LogP contribution is 2.33. The van der Waals surface area contributed by atoms with Crippen molar-refractivity contribution in [1.29, 1.82) is 5.26 Å². The molecular weight excluding hydrogens is 539 g/mol. The fourth-order valence-corrected chi connectivity index (χ4v) is 8.03. The molecule has 218 valence electrons. The number of nitrogens with one attached hydrogen (secondary N) is 2. The van der Waals surface area contributed by atoms with Gasteiger partial charge in [-0.25, -0.2) is 17.5 Å². The van der Waals surface area contributed by atoms with Crippen molar-refractivity contribution in [3.63, 3.8) is 0 Å². The zero-order valence-corrected chi connectivity index (χ0v) is 25.1. The third kappa shape index (κ3) is 8.81. The summed E-state index contributed by atoms with van der Waals surface area (Å²) in [6.07, 6.45) is 11.7. The predicted octanol–water partition coefficient (Wildman–Crippen LogP) is 5.04. The average molecular weight is 583 g/mol. The Morgan fingerprint density at radius 1 is 1.18 bits per heavy atom. The Morgan fingerprint density at radius 2 is 1.82 bits per heavy atom. The summed E-state index contributed by atoms with van der Waals surface area (Å²) in [6.45, 7) is 0.630. The number of nitriles is 1. The maximum Gasteiger partial charge on any atom is 0.265 e. The summed E-state index contributed by atoms with van der Waals surface area (Å²) in [5.41, 5.74) is -1.37. The van der Waals surface area contributed by atoms with Gasteiger partial charge in [0.1, 0.15) is 17.5 Å². The van der Waals surface area contributed by atoms with E-state index in [4.69, 9.17) is 4.74 Å². The molecule has 0 unspecified atom stereocenters. The van der Waals surface area contributed by atoms with E-state index < -0.39 is 32.2 Å². The van der Waals surface area contributed by atoms with Crippen LogP contribution in [0, 0.1) is 17.1 Å². The van der Waals surface area contributed by atoms with Gasteiger partial charge in [-0.2, -0.15) is 17.0 Å². The second kappa shape index (κ2) is 14.7. The number of ether oxygens (including phenoxy) is 1. The number of amides is 1. The van der Waals surface area contributed by atoms with Crippen molar-refractivity contribution in [1.82, 2.24) is 9.62 Å². The molecule has 8 nitrogen and oxygen atoms in total. The predicted molar refractivity (Wildman–Crippen MR) is 154 cm³/mol. The van der Waals surface area contributed by atoms with E-state index >= 15 is 4.39 Å². The molecule has 0 bridgehead atoms. The molecule has 1 aromatic rings. The van der Waals surface area contributed by atoms with Gasteiger partial charge in [-0.05, 0) is 64.1 Å². The van der Waals surface area contributed by atoms with Crippen LogP contribution in [-0.2, 0) is 19.6 Å². The molecule has 0 heterocycles. The topological polar surface area (TPSA) is 112 Å². The van der Waals surface area contributed by atoms with E-state index in [1.54, 1.807) is 0 Å². The Labute approximate surface area is 237 Å². The molecule has 0 spiro atoms. The molecule has 1 amide bonds. The Balaban J connectivity index is 1.74. The number of anilines is 1. The van der Waals surface area contributed by atoms with Gasteiger partial charge in [0.2, 0.25) is 0 Å². The van der Waals surface area contributed by atoms with Gasteiger partial charge < -0.3 is 15.0 Å². The first-order valence-corrected chi connectivity index (χ1v) is 16.5. The fraction of sp³-hybridized carbons (Fsp3) is 0.714. The molecule has 1 aromatic carbocycles. The van der Waals surface area contributed by atoms with Crippen LogP contribution in [0.3, 0.4) is 0 Å². The molecule has 3 rings (SSSR count). The minimum Gasteiger partial charge on any atom is -0.378 e. The number of thioether (sulfide) groups is 1. The molecule has 1 atom stereocenters. The molecule has 0 aliphatic heterocycles. The second-order valence-corrected chi connectivity index (χ2v) is 14.1. The number of halogens is 1. The van der Waals surface area contributed by atoms with Crippen molar-refractivity contribution in [2.24, 2.45) is 0 Å². The monoisotopic (exact) mass is 582 g/mol. The number of hydrogen-bond acceptors (Lipinski definition) is 8. The van der Waals surface area contributed by atoms with Crippen LogP contribution in [0.25, 0.3) is 0 Å². The highest BCUT2D eigenvalue weighted by molar-refractivity contribution is 7.99. The van der Waals surface area contributed by atoms with Crippen molar-refractivity contribution >= 4 is 33.4 Å². The van der Waals surface area contributed by atoms with Gasteiger partial charge in [0.05, 0.1) is 16.1 Å². The molecule has 0 radical (unpaired) electrons. The van der Waals surface area contributed by atoms with Crippen molar-refractivity contribution in [2.45, 2.75) is 98.8 Å². The van der Waals surface area contributed by atoms with E-state index in [-0.39, 0.29) is 17.3 Å². The van der Waals surface area contributed by atoms with Gasteiger partial charge in [0, 0.05) is 24.9 Å². The molecule has 2 fully saturated rings. The smallest absolute Gasteiger partial charge is 0.265 e. The Hall–Kier alpha value is -1.87. The number of sulfonamides is 1. The molecule has 2 saturated carbocycles. The lowest BCUT2D eigenvalue weighted by atomic mass is 9.84. The summed E-state index contributed by atoms with van der Waals surface area (Å²) in [4.78, 5) is 14.5. The van der Waals surface area contributed by atoms with Crippen molar-refractivity contribution in [3.8, 4) is 6.07 Å². The third-order valence-corrected chi connectivity index (χ3v) is 10.5. The van der Waals surface area contributed by atoms with Gasteiger partial charge in [0.15, 0.2) is 0 Å². The standard InChI is InChI=1S/C28H43FN4O4S2/c1-33(2)20-22(13-16-38-23-11-7-4-5-8-12-23)31-26-21(19-30)17-24(18-25(26)29)39(35,36)32-27(34)28(37-3)14-9-6-10-15-28/h17-18,22-23,31H,4-16,20H2,1-3H3,(H,32,34)/t22-/m1/s1. The highest BCUT2D eigenvalue weighted by Gasteiger charge is 2.41. The number of likely N-dealkylation sites (N-methyl/N-ethyl adjacent to an activating group) is 1. The average Bonchev–Trinajstić information content (AvgIpc) is 3.18. The molecule has 2 aliphatic rings. The zero-order valence-electron chi connectivity index (χ0n) is 23.4. The van der Waals surface area contributed by atoms with Crippen LogP contribution in [0.1, 0.15) is 82.6 Å². The molecule has 2 aliphatic carbocycles. The summed E-state index contributed by atoms with van der Waals surface area (Å²) in [5, 5.41) is 13.6. The van der Waals surface area contributed by atoms with E-state index in [0.29, 0.717) is 24.6 Å². The summed E-state index contributed by atoms with van der Waals surface area (Å²) in [7, 11) is 0.851. The van der Waals surface area contributed by atoms with Gasteiger partial charge in [-0.15, -0.1) is 0 Å². The number of benzene rings is 1. The minimum atomic E-state index is -4.42. The lowest BCUT2D eigenvalue weighted by Crippen LogP contribution is -2.51. The maximum atomic E-state index is 15.4. The summed E-state index contributed by atoms with van der Waals surface area (Å²) < 4.78 is 49.0. The van der Waals surface area contributed by atoms with Crippen molar-refractivity contribution in [3.05, 3.63) is 23.5 Å². The van der Waals surface area contributed by atoms with Crippen LogP contribution >= 0.6 is 11.8 Å². The summed E-state index contributed by atoms with van der Waals surface area (Å²) >= 11 is 1.97. The van der Waals surface area contributed by atoms with E-state index in [1.807, 2.05) is 36.8 Å². The Kier molecular flexibility index (Phi) is 11.9. The summed E-state index contributed by atoms with van der Waals surface area (Å²) in [5.74, 6) is -0.691. The number of carbonyl (C=O) groups excluding carboxylic acids is 1. The van der Waals surface area contributed by atoms with Gasteiger partial charge >= 0.3 is 0 Å². The van der Waals surface area contributed by atoms with Gasteiger partial charge in [-0.3, -0.25) is 4.79 Å². The van der Waals surface area contributed by atoms with Crippen molar-refractivity contribution in [2.75, 3.05) is 38.8 Å². The van der Waals surface area contributed by atoms with Crippen molar-refractivity contribution < 1.29 is 22.3 Å². The minimum absolute atomic E-state index is 0.0188. The highest BCUT2D eigenvalue weighted by atomic mass is 32.2. The Bertz CT molecular complexity index is 1110. The van der Waals surface area contributed by atoms with E-state index in [2.05, 4.69) is 10.0 Å². The van der Waals surface area contributed by atoms with Crippen LogP contribution < -0.4 is 10.0 Å². The largest absolute Gasteiger partial charge is 0.378 e. The number of hydrogen-bond donors (Lipinski definition) is 2. The molecule has 0 aromatic heterocycles. The van der Waals surface area contributed by atoms with Crippen LogP contribution in [0.15, 0.2) is 17.0 Å². The lowest BCUT2D eigenvalue weighted by Gasteiger charge is -2.34. The first-order valence-electron chi connectivity index (χ1n) is 14.0. The van der Waals surface area contributed by atoms with E-state index in [1.165, 1.54) is 45.6 Å². The molecular formula is C28H43FN4O4S2. The van der Waals surface area contributed by atoms with Gasteiger partial charge in [0.25, 0.3) is 15.9 Å². The molecule has 2 N–H and O–H groups in total. The number of rotatable bonds is 12. The molecule has 11 heteroatoms. The van der Waals surface area contributed by atoms with Crippen LogP contribution in [0.5, 0.6) is 0 Å². The zero-order chi connectivity index (χ0) is 28.5. The first-order chi connectivity index (χ1) is 18.6. The molecule has 0 saturated heterocycles. The normalized spacial score (nSPS) is 19.2. The van der Waals surface area contributed by atoms with Crippen LogP contribution in [0.2, 0.25) is 0 Å². The number of nitrogens with zero attached hydrogens (tertiary/aromatic N) is 2. The van der Waals surface area contributed by atoms with E-state index in [9.17, 15) is 18.5 Å².